The Morgan fingerprint density at radius 3 is 2.66 bits per heavy atom. The highest BCUT2D eigenvalue weighted by atomic mass is 32.2. The SMILES string of the molecule is CCN(C)C(=O)/C(N)=C1\S[C@H](CNc2cccc(C(=O)NCCCN3CCCC3)c2)C(=O)N1CC. The molecule has 0 spiro atoms. The number of anilines is 1. The zero-order chi connectivity index (χ0) is 25.4. The molecule has 3 rings (SSSR count). The molecule has 0 aromatic heterocycles. The van der Waals surface area contributed by atoms with E-state index >= 15 is 0 Å². The lowest BCUT2D eigenvalue weighted by Gasteiger charge is -2.19. The highest BCUT2D eigenvalue weighted by molar-refractivity contribution is 8.04. The molecule has 10 heteroatoms. The molecule has 2 saturated heterocycles. The summed E-state index contributed by atoms with van der Waals surface area (Å²) >= 11 is 1.31. The first-order valence-electron chi connectivity index (χ1n) is 12.4. The predicted octanol–water partition coefficient (Wildman–Crippen LogP) is 1.88. The van der Waals surface area contributed by atoms with E-state index in [-0.39, 0.29) is 23.4 Å². The number of hydrogen-bond donors (Lipinski definition) is 3. The first kappa shape index (κ1) is 26.9. The number of amides is 3. The molecule has 0 unspecified atom stereocenters. The lowest BCUT2D eigenvalue weighted by molar-refractivity contribution is -0.127. The number of likely N-dealkylation sites (tertiary alicyclic amines) is 1. The van der Waals surface area contributed by atoms with Crippen molar-refractivity contribution >= 4 is 35.2 Å². The van der Waals surface area contributed by atoms with Crippen LogP contribution in [0.2, 0.25) is 0 Å². The predicted molar refractivity (Wildman–Crippen MR) is 141 cm³/mol. The maximum Gasteiger partial charge on any atom is 0.272 e. The van der Waals surface area contributed by atoms with E-state index in [2.05, 4.69) is 15.5 Å². The molecule has 9 nitrogen and oxygen atoms in total. The van der Waals surface area contributed by atoms with Crippen LogP contribution in [0.25, 0.3) is 0 Å². The van der Waals surface area contributed by atoms with Gasteiger partial charge in [0.05, 0.1) is 0 Å². The van der Waals surface area contributed by atoms with Crippen molar-refractivity contribution < 1.29 is 14.4 Å². The molecule has 0 radical (unpaired) electrons. The number of carbonyl (C=O) groups excluding carboxylic acids is 3. The highest BCUT2D eigenvalue weighted by Gasteiger charge is 2.38. The van der Waals surface area contributed by atoms with Gasteiger partial charge in [-0.15, -0.1) is 0 Å². The first-order chi connectivity index (χ1) is 16.8. The third-order valence-electron chi connectivity index (χ3n) is 6.39. The number of rotatable bonds is 11. The number of nitrogens with two attached hydrogens (primary N) is 1. The number of thioether (sulfide) groups is 1. The van der Waals surface area contributed by atoms with Crippen LogP contribution in [0.15, 0.2) is 35.0 Å². The second kappa shape index (κ2) is 12.8. The Hall–Kier alpha value is -2.72. The number of nitrogens with zero attached hydrogens (tertiary/aromatic N) is 3. The van der Waals surface area contributed by atoms with Crippen LogP contribution in [-0.4, -0.2) is 90.5 Å². The minimum atomic E-state index is -0.411. The van der Waals surface area contributed by atoms with Gasteiger partial charge in [0.25, 0.3) is 11.8 Å². The molecule has 2 aliphatic rings. The third kappa shape index (κ3) is 6.91. The number of nitrogens with one attached hydrogen (secondary N) is 2. The van der Waals surface area contributed by atoms with Gasteiger partial charge in [0.1, 0.15) is 16.0 Å². The second-order valence-corrected chi connectivity index (χ2v) is 10.0. The van der Waals surface area contributed by atoms with Gasteiger partial charge in [-0.1, -0.05) is 17.8 Å². The Morgan fingerprint density at radius 2 is 1.97 bits per heavy atom. The van der Waals surface area contributed by atoms with Gasteiger partial charge >= 0.3 is 0 Å². The van der Waals surface area contributed by atoms with Crippen molar-refractivity contribution in [2.24, 2.45) is 5.73 Å². The van der Waals surface area contributed by atoms with Gasteiger partial charge in [-0.2, -0.15) is 0 Å². The zero-order valence-electron chi connectivity index (χ0n) is 21.0. The normalized spacial score (nSPS) is 19.7. The minimum absolute atomic E-state index is 0.0817. The van der Waals surface area contributed by atoms with Gasteiger partial charge < -0.3 is 31.1 Å². The average molecular weight is 503 g/mol. The Morgan fingerprint density at radius 1 is 1.23 bits per heavy atom. The van der Waals surface area contributed by atoms with E-state index in [1.54, 1.807) is 24.1 Å². The topological polar surface area (TPSA) is 111 Å². The number of carbonyl (C=O) groups is 3. The minimum Gasteiger partial charge on any atom is -0.392 e. The smallest absolute Gasteiger partial charge is 0.272 e. The molecule has 2 heterocycles. The molecule has 2 fully saturated rings. The van der Waals surface area contributed by atoms with Gasteiger partial charge in [-0.25, -0.2) is 0 Å². The molecule has 1 atom stereocenters. The summed E-state index contributed by atoms with van der Waals surface area (Å²) in [4.78, 5) is 43.6. The average Bonchev–Trinajstić information content (AvgIpc) is 3.51. The molecule has 35 heavy (non-hydrogen) atoms. The molecule has 0 bridgehead atoms. The van der Waals surface area contributed by atoms with Gasteiger partial charge in [0, 0.05) is 44.5 Å². The fourth-order valence-corrected chi connectivity index (χ4v) is 5.42. The summed E-state index contributed by atoms with van der Waals surface area (Å²) in [7, 11) is 1.68. The van der Waals surface area contributed by atoms with E-state index in [0.29, 0.717) is 36.8 Å². The summed E-state index contributed by atoms with van der Waals surface area (Å²) in [6.07, 6.45) is 3.48. The van der Waals surface area contributed by atoms with Crippen LogP contribution < -0.4 is 16.4 Å². The Bertz CT molecular complexity index is 947. The maximum absolute atomic E-state index is 12.9. The van der Waals surface area contributed by atoms with E-state index in [1.807, 2.05) is 26.0 Å². The quantitative estimate of drug-likeness (QED) is 0.313. The van der Waals surface area contributed by atoms with Crippen LogP contribution in [0.5, 0.6) is 0 Å². The Kier molecular flexibility index (Phi) is 9.85. The van der Waals surface area contributed by atoms with Crippen LogP contribution >= 0.6 is 11.8 Å². The molecule has 4 N–H and O–H groups in total. The lowest BCUT2D eigenvalue weighted by atomic mass is 10.2. The van der Waals surface area contributed by atoms with Gasteiger partial charge in [0.15, 0.2) is 0 Å². The molecule has 0 aliphatic carbocycles. The number of benzene rings is 1. The molecular weight excluding hydrogens is 464 g/mol. The third-order valence-corrected chi connectivity index (χ3v) is 7.71. The van der Waals surface area contributed by atoms with Crippen LogP contribution in [0.3, 0.4) is 0 Å². The van der Waals surface area contributed by atoms with Crippen LogP contribution in [-0.2, 0) is 9.59 Å². The van der Waals surface area contributed by atoms with Crippen LogP contribution in [0.1, 0.15) is 43.5 Å². The summed E-state index contributed by atoms with van der Waals surface area (Å²) in [5.74, 6) is -0.467. The van der Waals surface area contributed by atoms with E-state index in [1.165, 1.54) is 29.5 Å². The molecule has 1 aromatic carbocycles. The highest BCUT2D eigenvalue weighted by Crippen LogP contribution is 2.36. The Balaban J connectivity index is 1.55. The van der Waals surface area contributed by atoms with Crippen molar-refractivity contribution in [3.05, 3.63) is 40.6 Å². The number of hydrogen-bond acceptors (Lipinski definition) is 7. The Labute approximate surface area is 212 Å². The van der Waals surface area contributed by atoms with Gasteiger partial charge in [-0.05, 0) is 70.9 Å². The summed E-state index contributed by atoms with van der Waals surface area (Å²) in [5.41, 5.74) is 7.58. The van der Waals surface area contributed by atoms with Crippen molar-refractivity contribution in [2.45, 2.75) is 38.4 Å². The van der Waals surface area contributed by atoms with E-state index in [0.717, 1.165) is 31.7 Å². The standard InChI is InChI=1S/C25H38N6O3S/c1-4-29(3)24(34)21(26)25-31(5-2)23(33)20(35-25)17-28-19-11-8-10-18(16-19)22(32)27-12-9-15-30-13-6-7-14-30/h8,10-11,16,20,28H,4-7,9,12-15,17,26H2,1-3H3,(H,27,32)/b25-21+/t20-/m1/s1. The molecule has 1 aromatic rings. The molecule has 192 valence electrons. The first-order valence-corrected chi connectivity index (χ1v) is 13.3. The van der Waals surface area contributed by atoms with Gasteiger partial charge in [-0.3, -0.25) is 14.4 Å². The van der Waals surface area contributed by atoms with Crippen molar-refractivity contribution in [1.82, 2.24) is 20.0 Å². The van der Waals surface area contributed by atoms with Crippen LogP contribution in [0.4, 0.5) is 5.69 Å². The fourth-order valence-electron chi connectivity index (χ4n) is 4.19. The van der Waals surface area contributed by atoms with E-state index in [9.17, 15) is 14.4 Å². The summed E-state index contributed by atoms with van der Waals surface area (Å²) < 4.78 is 0. The van der Waals surface area contributed by atoms with Crippen molar-refractivity contribution in [1.29, 1.82) is 0 Å². The summed E-state index contributed by atoms with van der Waals surface area (Å²) in [5, 5.41) is 6.37. The van der Waals surface area contributed by atoms with Crippen LogP contribution in [0, 0.1) is 0 Å². The number of likely N-dealkylation sites (N-methyl/N-ethyl adjacent to an activating group) is 1. The second-order valence-electron chi connectivity index (χ2n) is 8.85. The lowest BCUT2D eigenvalue weighted by Crippen LogP contribution is -2.35. The summed E-state index contributed by atoms with van der Waals surface area (Å²) in [6, 6.07) is 7.28. The monoisotopic (exact) mass is 502 g/mol. The molecule has 3 amide bonds. The van der Waals surface area contributed by atoms with Crippen molar-refractivity contribution in [3.8, 4) is 0 Å². The molecular formula is C25H38N6O3S. The molecule has 2 aliphatic heterocycles. The van der Waals surface area contributed by atoms with Crippen molar-refractivity contribution in [2.75, 3.05) is 58.2 Å². The van der Waals surface area contributed by atoms with Crippen molar-refractivity contribution in [3.63, 3.8) is 0 Å². The van der Waals surface area contributed by atoms with Gasteiger partial charge in [0.2, 0.25) is 5.91 Å². The maximum atomic E-state index is 12.9. The fraction of sp³-hybridized carbons (Fsp3) is 0.560. The largest absolute Gasteiger partial charge is 0.392 e. The van der Waals surface area contributed by atoms with E-state index < -0.39 is 5.25 Å². The van der Waals surface area contributed by atoms with E-state index in [4.69, 9.17) is 5.73 Å². The zero-order valence-corrected chi connectivity index (χ0v) is 21.8. The summed E-state index contributed by atoms with van der Waals surface area (Å²) in [6.45, 7) is 9.06. The molecule has 0 saturated carbocycles.